The summed E-state index contributed by atoms with van der Waals surface area (Å²) in [5.74, 6) is -10.5. The van der Waals surface area contributed by atoms with Crippen molar-refractivity contribution in [2.75, 3.05) is 75.0 Å². The molecule has 24 nitrogen and oxygen atoms in total. The number of rotatable bonds is 14. The number of likely N-dealkylation sites (N-methyl/N-ethyl adjacent to an activating group) is 6. The van der Waals surface area contributed by atoms with Crippen LogP contribution in [0.5, 0.6) is 0 Å². The van der Waals surface area contributed by atoms with E-state index in [9.17, 15) is 18.0 Å². The van der Waals surface area contributed by atoms with Crippen LogP contribution in [0.25, 0.3) is 0 Å². The van der Waals surface area contributed by atoms with Crippen molar-refractivity contribution >= 4 is 82.5 Å². The molecule has 103 heavy (non-hydrogen) atoms. The smallest absolute Gasteiger partial charge is 0.343 e. The highest BCUT2D eigenvalue weighted by atomic mass is 35.5. The molecule has 3 unspecified atom stereocenters. The zero-order valence-electron chi connectivity index (χ0n) is 63.8. The normalized spacial score (nSPS) is 30.4. The SMILES string of the molecule is CCCC[C@H]1C(=O)N2CC[C@H]2C(=O)N(C)[C@@H](CC2CCCCC2)C(=O)N(C)CC(=O)N[C@@H](CCC2CCC(C(F)(F)F)C(Cl)C2)C(=O)N2CCC[C@H]2C(=O)NC2(CCCC2)C(=O)N(C)[C@@H](C(C)C)C(=O)N(C)[C@H](C(=O)N2CCCCC2)CC(=O)N(C)[C@@H](CC(C)C)C(=O)N[C@@H]([C@@H](C)CC)C(=O)N1C. The minimum Gasteiger partial charge on any atom is -0.343 e. The molecule has 3 N–H and O–H groups in total. The summed E-state index contributed by atoms with van der Waals surface area (Å²) in [6.45, 7) is 13.3. The second kappa shape index (κ2) is 37.3. The zero-order valence-corrected chi connectivity index (χ0v) is 64.6. The number of hydrogen-bond donors (Lipinski definition) is 3. The Hall–Kier alpha value is -6.28. The molecule has 0 aromatic heterocycles. The standard InChI is InChI=1S/C75H122ClF3N12O12/c1-14-16-28-55-70(100)91-40-34-56(91)68(98)86(11)58(43-49-26-19-17-20-27-49)67(97)83(8)45-60(92)80-53(33-31-50-30-32-51(52(76)42-50)75(77,78)79)66(96)90-39-25-29-54(90)65(95)82-74(35-21-22-36-74)73(103)88(13)63(47(5)6)72(102)87(12)59(69(99)89-37-23-18-24-38-89)44-61(93)84(9)57(41-46(3)4)64(94)81-62(48(7)15-2)71(101)85(55)10/h46-59,62-63H,14-45H2,1-13H3,(H,80,92)(H,81,94)(H,82,95)/t48-,50?,51?,52?,53-,54-,55-,56-,57-,58-,59-,62-,63-/m0/s1. The number of hydrogen-bond acceptors (Lipinski definition) is 12. The van der Waals surface area contributed by atoms with E-state index < -0.39 is 173 Å². The third kappa shape index (κ3) is 20.5. The minimum atomic E-state index is -4.51. The van der Waals surface area contributed by atoms with Crippen LogP contribution in [0, 0.1) is 35.5 Å². The summed E-state index contributed by atoms with van der Waals surface area (Å²) in [5.41, 5.74) is -1.56. The molecule has 12 amide bonds. The van der Waals surface area contributed by atoms with Gasteiger partial charge in [0.2, 0.25) is 70.9 Å². The van der Waals surface area contributed by atoms with Gasteiger partial charge in [-0.3, -0.25) is 57.5 Å². The number of nitrogens with one attached hydrogen (secondary N) is 3. The molecule has 7 aliphatic rings. The highest BCUT2D eigenvalue weighted by Crippen LogP contribution is 2.44. The predicted octanol–water partition coefficient (Wildman–Crippen LogP) is 7.26. The summed E-state index contributed by atoms with van der Waals surface area (Å²) >= 11 is 6.42. The van der Waals surface area contributed by atoms with Crippen molar-refractivity contribution in [3.05, 3.63) is 0 Å². The monoisotopic (exact) mass is 1470 g/mol. The topological polar surface area (TPSA) is 270 Å². The molecule has 582 valence electrons. The van der Waals surface area contributed by atoms with Gasteiger partial charge in [0.25, 0.3) is 0 Å². The number of piperidine rings is 1. The molecular weight excluding hydrogens is 1350 g/mol. The van der Waals surface area contributed by atoms with Crippen molar-refractivity contribution in [1.82, 2.24) is 60.0 Å². The Morgan fingerprint density at radius 1 is 0.583 bits per heavy atom. The number of halogens is 4. The van der Waals surface area contributed by atoms with E-state index in [2.05, 4.69) is 16.0 Å². The highest BCUT2D eigenvalue weighted by Gasteiger charge is 2.53. The number of amides is 12. The summed E-state index contributed by atoms with van der Waals surface area (Å²) < 4.78 is 42.1. The summed E-state index contributed by atoms with van der Waals surface area (Å²) in [7, 11) is 8.79. The van der Waals surface area contributed by atoms with Gasteiger partial charge in [0.15, 0.2) is 0 Å². The van der Waals surface area contributed by atoms with Crippen molar-refractivity contribution in [2.45, 2.75) is 293 Å². The molecule has 28 heteroatoms. The molecule has 0 bridgehead atoms. The first-order valence-electron chi connectivity index (χ1n) is 38.7. The lowest BCUT2D eigenvalue weighted by Crippen LogP contribution is -2.65. The van der Waals surface area contributed by atoms with E-state index in [1.165, 1.54) is 81.5 Å². The van der Waals surface area contributed by atoms with Crippen LogP contribution >= 0.6 is 11.6 Å². The summed E-state index contributed by atoms with van der Waals surface area (Å²) in [6, 6.07) is -10.7. The van der Waals surface area contributed by atoms with E-state index in [1.807, 2.05) is 27.7 Å². The first-order valence-corrected chi connectivity index (χ1v) is 39.1. The van der Waals surface area contributed by atoms with Gasteiger partial charge in [-0.25, -0.2) is 0 Å². The van der Waals surface area contributed by atoms with Gasteiger partial charge in [-0.05, 0) is 132 Å². The molecule has 0 aromatic carbocycles. The molecule has 0 radical (unpaired) electrons. The quantitative estimate of drug-likeness (QED) is 0.145. The molecule has 7 rings (SSSR count). The van der Waals surface area contributed by atoms with E-state index in [0.29, 0.717) is 64.5 Å². The Morgan fingerprint density at radius 2 is 1.21 bits per heavy atom. The molecule has 1 spiro atoms. The fraction of sp³-hybridized carbons (Fsp3) is 0.840. The van der Waals surface area contributed by atoms with Crippen LogP contribution in [0.15, 0.2) is 0 Å². The number of carbonyl (C=O) groups is 12. The zero-order chi connectivity index (χ0) is 76.1. The molecule has 0 aromatic rings. The lowest BCUT2D eigenvalue weighted by Gasteiger charge is -2.46. The van der Waals surface area contributed by atoms with Gasteiger partial charge in [-0.2, -0.15) is 13.2 Å². The first-order chi connectivity index (χ1) is 48.6. The maximum absolute atomic E-state index is 15.5. The van der Waals surface area contributed by atoms with Gasteiger partial charge in [-0.1, -0.05) is 113 Å². The van der Waals surface area contributed by atoms with Gasteiger partial charge in [0.05, 0.1) is 18.9 Å². The number of likely N-dealkylation sites (tertiary alicyclic amines) is 1. The molecule has 4 aliphatic heterocycles. The first kappa shape index (κ1) is 84.0. The molecule has 4 saturated heterocycles. The Balaban J connectivity index is 1.29. The largest absolute Gasteiger partial charge is 0.393 e. The maximum Gasteiger partial charge on any atom is 0.393 e. The molecule has 4 heterocycles. The molecule has 3 saturated carbocycles. The maximum atomic E-state index is 15.5. The van der Waals surface area contributed by atoms with Crippen molar-refractivity contribution in [3.8, 4) is 0 Å². The fourth-order valence-corrected chi connectivity index (χ4v) is 17.6. The average molecular weight is 1480 g/mol. The second-order valence-electron chi connectivity index (χ2n) is 32.0. The molecular formula is C75H122ClF3N12O12. The van der Waals surface area contributed by atoms with Crippen molar-refractivity contribution in [1.29, 1.82) is 0 Å². The summed E-state index contributed by atoms with van der Waals surface area (Å²) in [4.78, 5) is 194. The van der Waals surface area contributed by atoms with Crippen LogP contribution in [0.2, 0.25) is 0 Å². The molecule has 7 fully saturated rings. The number of fused-ring (bicyclic) bond motifs is 2. The number of carbonyl (C=O) groups excluding carboxylic acids is 12. The Labute approximate surface area is 614 Å². The van der Waals surface area contributed by atoms with E-state index in [-0.39, 0.29) is 108 Å². The van der Waals surface area contributed by atoms with Gasteiger partial charge in [-0.15, -0.1) is 11.6 Å². The van der Waals surface area contributed by atoms with E-state index in [0.717, 1.165) is 38.5 Å². The Morgan fingerprint density at radius 3 is 1.80 bits per heavy atom. The van der Waals surface area contributed by atoms with Crippen LogP contribution in [0.3, 0.4) is 0 Å². The lowest BCUT2D eigenvalue weighted by atomic mass is 9.78. The van der Waals surface area contributed by atoms with Crippen LogP contribution in [-0.2, 0) is 57.5 Å². The van der Waals surface area contributed by atoms with Crippen LogP contribution in [0.4, 0.5) is 13.2 Å². The molecule has 3 aliphatic carbocycles. The Kier molecular flexibility index (Phi) is 30.4. The van der Waals surface area contributed by atoms with Gasteiger partial charge in [0, 0.05) is 73.8 Å². The van der Waals surface area contributed by atoms with E-state index >= 15 is 52.7 Å². The third-order valence-electron chi connectivity index (χ3n) is 23.9. The summed E-state index contributed by atoms with van der Waals surface area (Å²) in [5, 5.41) is 7.69. The third-order valence-corrected chi connectivity index (χ3v) is 24.4. The average Bonchev–Trinajstić information content (AvgIpc) is 1.53. The van der Waals surface area contributed by atoms with Crippen molar-refractivity contribution in [2.24, 2.45) is 35.5 Å². The second-order valence-corrected chi connectivity index (χ2v) is 32.6. The van der Waals surface area contributed by atoms with E-state index in [1.54, 1.807) is 25.7 Å². The number of alkyl halides is 4. The fourth-order valence-electron chi connectivity index (χ4n) is 17.1. The predicted molar refractivity (Wildman–Crippen MR) is 384 cm³/mol. The van der Waals surface area contributed by atoms with Crippen LogP contribution in [0.1, 0.15) is 222 Å². The van der Waals surface area contributed by atoms with Crippen molar-refractivity contribution in [3.63, 3.8) is 0 Å². The van der Waals surface area contributed by atoms with Gasteiger partial charge < -0.3 is 60.0 Å². The molecule has 13 atom stereocenters. The summed E-state index contributed by atoms with van der Waals surface area (Å²) in [6.07, 6.45) is 6.00. The van der Waals surface area contributed by atoms with E-state index in [4.69, 9.17) is 11.6 Å². The van der Waals surface area contributed by atoms with Crippen LogP contribution < -0.4 is 16.0 Å². The highest BCUT2D eigenvalue weighted by molar-refractivity contribution is 6.21. The van der Waals surface area contributed by atoms with Gasteiger partial charge >= 0.3 is 6.18 Å². The van der Waals surface area contributed by atoms with Crippen LogP contribution in [-0.4, -0.2) is 261 Å². The number of nitrogens with zero attached hydrogens (tertiary/aromatic N) is 9. The van der Waals surface area contributed by atoms with Crippen molar-refractivity contribution < 1.29 is 70.7 Å². The lowest BCUT2D eigenvalue weighted by molar-refractivity contribution is -0.182. The Bertz CT molecular complexity index is 3000. The number of unbranched alkanes of at least 4 members (excludes halogenated alkanes) is 1. The van der Waals surface area contributed by atoms with Gasteiger partial charge in [0.1, 0.15) is 59.9 Å². The minimum absolute atomic E-state index is 0.00145.